The molecule has 3 aromatic rings. The molecule has 0 fully saturated rings. The third kappa shape index (κ3) is 6.90. The van der Waals surface area contributed by atoms with Crippen molar-refractivity contribution < 1.29 is 19.1 Å². The summed E-state index contributed by atoms with van der Waals surface area (Å²) >= 11 is 8.48. The predicted molar refractivity (Wildman–Crippen MR) is 135 cm³/mol. The lowest BCUT2D eigenvalue weighted by atomic mass is 10.1. The molecule has 0 aliphatic carbocycles. The number of carbonyl (C=O) groups excluding carboxylic acids is 2. The number of nitrogens with one attached hydrogen (secondary N) is 3. The molecule has 0 bridgehead atoms. The number of fused-ring (bicyclic) bond motifs is 1. The second-order valence-corrected chi connectivity index (χ2v) is 8.48. The summed E-state index contributed by atoms with van der Waals surface area (Å²) in [6, 6.07) is 18.6. The molecular weight excluding hydrogens is 506 g/mol. The molecule has 0 spiro atoms. The van der Waals surface area contributed by atoms with E-state index >= 15 is 0 Å². The minimum atomic E-state index is -0.795. The smallest absolute Gasteiger partial charge is 0.279 e. The van der Waals surface area contributed by atoms with Crippen molar-refractivity contribution in [1.29, 1.82) is 0 Å². The summed E-state index contributed by atoms with van der Waals surface area (Å²) in [6.07, 6.45) is 0.0130. The molecule has 0 aliphatic rings. The second kappa shape index (κ2) is 11.6. The number of halogens is 1. The predicted octanol–water partition coefficient (Wildman–Crippen LogP) is 4.49. The van der Waals surface area contributed by atoms with Crippen molar-refractivity contribution in [3.05, 3.63) is 70.7 Å². The molecule has 7 nitrogen and oxygen atoms in total. The number of carbonyl (C=O) groups is 2. The normalized spacial score (nSPS) is 11.4. The Labute approximate surface area is 205 Å². The van der Waals surface area contributed by atoms with Crippen LogP contribution in [0.2, 0.25) is 0 Å². The van der Waals surface area contributed by atoms with Crippen LogP contribution in [0, 0.1) is 0 Å². The quantitative estimate of drug-likeness (QED) is 0.308. The van der Waals surface area contributed by atoms with Crippen molar-refractivity contribution >= 4 is 55.8 Å². The molecule has 2 amide bonds. The van der Waals surface area contributed by atoms with Gasteiger partial charge in [0.15, 0.2) is 11.2 Å². The Morgan fingerprint density at radius 2 is 1.79 bits per heavy atom. The van der Waals surface area contributed by atoms with E-state index < -0.39 is 17.9 Å². The lowest BCUT2D eigenvalue weighted by molar-refractivity contribution is -0.127. The zero-order valence-corrected chi connectivity index (χ0v) is 20.6. The number of hydrogen-bond acceptors (Lipinski definition) is 5. The first-order valence-electron chi connectivity index (χ1n) is 10.4. The molecule has 1 atom stereocenters. The number of rotatable bonds is 7. The van der Waals surface area contributed by atoms with Crippen LogP contribution < -0.4 is 25.6 Å². The monoisotopic (exact) mass is 529 g/mol. The third-order valence-corrected chi connectivity index (χ3v) is 5.27. The van der Waals surface area contributed by atoms with Gasteiger partial charge in [0.1, 0.15) is 11.5 Å². The molecule has 0 heterocycles. The molecule has 3 N–H and O–H groups in total. The van der Waals surface area contributed by atoms with Crippen molar-refractivity contribution in [2.75, 3.05) is 6.61 Å². The fourth-order valence-corrected chi connectivity index (χ4v) is 3.44. The minimum absolute atomic E-state index is 0.0623. The summed E-state index contributed by atoms with van der Waals surface area (Å²) in [7, 11) is 0. The first kappa shape index (κ1) is 24.5. The number of hydrazine groups is 1. The number of amides is 2. The van der Waals surface area contributed by atoms with Gasteiger partial charge in [0, 0.05) is 4.47 Å². The van der Waals surface area contributed by atoms with Crippen LogP contribution in [-0.2, 0) is 4.79 Å². The van der Waals surface area contributed by atoms with Gasteiger partial charge in [0.05, 0.1) is 12.2 Å². The topological polar surface area (TPSA) is 88.7 Å². The van der Waals surface area contributed by atoms with E-state index in [-0.39, 0.29) is 5.11 Å². The molecule has 33 heavy (non-hydrogen) atoms. The van der Waals surface area contributed by atoms with Crippen molar-refractivity contribution in [3.63, 3.8) is 0 Å². The zero-order valence-electron chi connectivity index (χ0n) is 18.2. The Morgan fingerprint density at radius 3 is 2.55 bits per heavy atom. The lowest BCUT2D eigenvalue weighted by Crippen LogP contribution is -2.51. The van der Waals surface area contributed by atoms with Crippen molar-refractivity contribution in [2.45, 2.75) is 26.4 Å². The second-order valence-electron chi connectivity index (χ2n) is 7.16. The maximum atomic E-state index is 12.6. The van der Waals surface area contributed by atoms with E-state index in [0.29, 0.717) is 23.7 Å². The summed E-state index contributed by atoms with van der Waals surface area (Å²) in [5.41, 5.74) is 5.29. The third-order valence-electron chi connectivity index (χ3n) is 4.58. The van der Waals surface area contributed by atoms with Gasteiger partial charge in [-0.15, -0.1) is 0 Å². The van der Waals surface area contributed by atoms with Gasteiger partial charge in [-0.1, -0.05) is 53.2 Å². The Hall–Kier alpha value is -3.17. The van der Waals surface area contributed by atoms with Crippen LogP contribution in [0.15, 0.2) is 65.1 Å². The van der Waals surface area contributed by atoms with Crippen LogP contribution in [0.4, 0.5) is 0 Å². The fourth-order valence-electron chi connectivity index (χ4n) is 2.94. The van der Waals surface area contributed by atoms with E-state index in [0.717, 1.165) is 21.7 Å². The minimum Gasteiger partial charge on any atom is -0.493 e. The maximum Gasteiger partial charge on any atom is 0.279 e. The van der Waals surface area contributed by atoms with Crippen molar-refractivity contribution in [1.82, 2.24) is 16.2 Å². The van der Waals surface area contributed by atoms with Gasteiger partial charge >= 0.3 is 0 Å². The van der Waals surface area contributed by atoms with Gasteiger partial charge < -0.3 is 9.47 Å². The number of thiocarbonyl (C=S) groups is 1. The molecule has 1 unspecified atom stereocenters. The average Bonchev–Trinajstić information content (AvgIpc) is 2.81. The highest BCUT2D eigenvalue weighted by Crippen LogP contribution is 2.24. The van der Waals surface area contributed by atoms with Crippen LogP contribution in [0.1, 0.15) is 30.6 Å². The molecule has 0 saturated heterocycles. The molecule has 9 heteroatoms. The Bertz CT molecular complexity index is 1170. The van der Waals surface area contributed by atoms with Crippen molar-refractivity contribution in [2.24, 2.45) is 0 Å². The first-order valence-corrected chi connectivity index (χ1v) is 11.6. The van der Waals surface area contributed by atoms with E-state index in [1.807, 2.05) is 43.3 Å². The zero-order chi connectivity index (χ0) is 23.8. The number of benzene rings is 3. The Morgan fingerprint density at radius 1 is 1.03 bits per heavy atom. The van der Waals surface area contributed by atoms with E-state index in [1.54, 1.807) is 31.2 Å². The Kier molecular flexibility index (Phi) is 8.62. The SMILES string of the molecule is CCCOc1ccc(Br)cc1C(=O)NC(=S)NNC(=O)C(C)Oc1ccc2ccccc2c1. The van der Waals surface area contributed by atoms with Crippen LogP contribution in [0.3, 0.4) is 0 Å². The standard InChI is InChI=1S/C24H24BrN3O4S/c1-3-12-31-21-11-9-18(25)14-20(21)23(30)26-24(33)28-27-22(29)15(2)32-19-10-8-16-6-4-5-7-17(16)13-19/h4-11,13-15H,3,12H2,1-2H3,(H,27,29)(H2,26,28,30,33). The molecule has 0 aromatic heterocycles. The summed E-state index contributed by atoms with van der Waals surface area (Å²) in [5, 5.41) is 4.56. The molecule has 3 aromatic carbocycles. The number of hydrogen-bond donors (Lipinski definition) is 3. The van der Waals surface area contributed by atoms with E-state index in [9.17, 15) is 9.59 Å². The van der Waals surface area contributed by atoms with Gasteiger partial charge in [-0.2, -0.15) is 0 Å². The number of ether oxygens (including phenoxy) is 2. The lowest BCUT2D eigenvalue weighted by Gasteiger charge is -2.17. The molecule has 0 aliphatic heterocycles. The highest BCUT2D eigenvalue weighted by atomic mass is 79.9. The van der Waals surface area contributed by atoms with Gasteiger partial charge in [-0.3, -0.25) is 25.8 Å². The van der Waals surface area contributed by atoms with E-state index in [4.69, 9.17) is 21.7 Å². The van der Waals surface area contributed by atoms with E-state index in [1.165, 1.54) is 0 Å². The summed E-state index contributed by atoms with van der Waals surface area (Å²) in [5.74, 6) is 0.104. The molecule has 172 valence electrons. The van der Waals surface area contributed by atoms with Gasteiger partial charge in [0.2, 0.25) is 0 Å². The molecule has 3 rings (SSSR count). The fraction of sp³-hybridized carbons (Fsp3) is 0.208. The highest BCUT2D eigenvalue weighted by Gasteiger charge is 2.17. The van der Waals surface area contributed by atoms with Gasteiger partial charge in [-0.05, 0) is 66.7 Å². The maximum absolute atomic E-state index is 12.6. The van der Waals surface area contributed by atoms with Gasteiger partial charge in [0.25, 0.3) is 11.8 Å². The average molecular weight is 530 g/mol. The summed E-state index contributed by atoms with van der Waals surface area (Å²) < 4.78 is 12.1. The molecule has 0 radical (unpaired) electrons. The van der Waals surface area contributed by atoms with Crippen LogP contribution in [-0.4, -0.2) is 29.6 Å². The highest BCUT2D eigenvalue weighted by molar-refractivity contribution is 9.10. The Balaban J connectivity index is 1.53. The van der Waals surface area contributed by atoms with Crippen LogP contribution in [0.5, 0.6) is 11.5 Å². The molecular formula is C24H24BrN3O4S. The summed E-state index contributed by atoms with van der Waals surface area (Å²) in [6.45, 7) is 4.08. The summed E-state index contributed by atoms with van der Waals surface area (Å²) in [4.78, 5) is 25.0. The largest absolute Gasteiger partial charge is 0.493 e. The first-order chi connectivity index (χ1) is 15.9. The van der Waals surface area contributed by atoms with Crippen LogP contribution in [0.25, 0.3) is 10.8 Å². The molecule has 0 saturated carbocycles. The van der Waals surface area contributed by atoms with Crippen molar-refractivity contribution in [3.8, 4) is 11.5 Å². The van der Waals surface area contributed by atoms with E-state index in [2.05, 4.69) is 32.1 Å². The van der Waals surface area contributed by atoms with Gasteiger partial charge in [-0.25, -0.2) is 0 Å². The van der Waals surface area contributed by atoms with Crippen LogP contribution >= 0.6 is 28.1 Å².